The summed E-state index contributed by atoms with van der Waals surface area (Å²) in [6, 6.07) is 0. The van der Waals surface area contributed by atoms with Crippen molar-refractivity contribution in [1.82, 2.24) is 0 Å². The molecule has 1 heterocycles. The molecular weight excluding hydrogens is 116 g/mol. The molecule has 0 bridgehead atoms. The molecule has 0 aromatic rings. The summed E-state index contributed by atoms with van der Waals surface area (Å²) >= 11 is 0. The summed E-state index contributed by atoms with van der Waals surface area (Å²) in [5, 5.41) is 0. The molecule has 0 nitrogen and oxygen atoms in total. The molecular formula is C7H13S+. The Balaban J connectivity index is 2.29. The van der Waals surface area contributed by atoms with Gasteiger partial charge in [0.05, 0.1) is 6.26 Å². The van der Waals surface area contributed by atoms with E-state index in [-0.39, 0.29) is 0 Å². The van der Waals surface area contributed by atoms with Gasteiger partial charge < -0.3 is 0 Å². The zero-order valence-corrected chi connectivity index (χ0v) is 6.26. The SMILES string of the molecule is C=C1CC[S+](C)CC1. The van der Waals surface area contributed by atoms with Crippen molar-refractivity contribution >= 4 is 10.9 Å². The Morgan fingerprint density at radius 3 is 2.25 bits per heavy atom. The molecule has 8 heavy (non-hydrogen) atoms. The Labute approximate surface area is 54.3 Å². The van der Waals surface area contributed by atoms with E-state index in [1.165, 1.54) is 29.9 Å². The normalized spacial score (nSPS) is 23.9. The van der Waals surface area contributed by atoms with Crippen molar-refractivity contribution in [2.75, 3.05) is 17.8 Å². The van der Waals surface area contributed by atoms with Gasteiger partial charge >= 0.3 is 0 Å². The lowest BCUT2D eigenvalue weighted by Crippen LogP contribution is -2.16. The fourth-order valence-electron chi connectivity index (χ4n) is 0.864. The quantitative estimate of drug-likeness (QED) is 0.344. The lowest BCUT2D eigenvalue weighted by molar-refractivity contribution is 0.964. The second-order valence-corrected chi connectivity index (χ2v) is 4.82. The van der Waals surface area contributed by atoms with E-state index in [0.29, 0.717) is 0 Å². The van der Waals surface area contributed by atoms with Gasteiger partial charge in [0, 0.05) is 12.8 Å². The molecule has 1 saturated heterocycles. The minimum Gasteiger partial charge on any atom is -0.0995 e. The van der Waals surface area contributed by atoms with Gasteiger partial charge in [-0.05, 0) is 10.9 Å². The molecule has 46 valence electrons. The maximum atomic E-state index is 3.95. The van der Waals surface area contributed by atoms with Gasteiger partial charge in [-0.25, -0.2) is 0 Å². The maximum Gasteiger partial charge on any atom is 0.111 e. The van der Waals surface area contributed by atoms with Crippen molar-refractivity contribution in [3.8, 4) is 0 Å². The van der Waals surface area contributed by atoms with Crippen LogP contribution in [0.15, 0.2) is 12.2 Å². The standard InChI is InChI=1S/C7H13S/c1-7-3-5-8(2)6-4-7/h1,3-6H2,2H3/q+1. The molecule has 0 amide bonds. The number of rotatable bonds is 0. The Morgan fingerprint density at radius 1 is 1.38 bits per heavy atom. The summed E-state index contributed by atoms with van der Waals surface area (Å²) in [7, 11) is 0.728. The first kappa shape index (κ1) is 6.21. The van der Waals surface area contributed by atoms with Crippen LogP contribution in [-0.4, -0.2) is 17.8 Å². The van der Waals surface area contributed by atoms with Crippen molar-refractivity contribution in [3.63, 3.8) is 0 Å². The minimum atomic E-state index is 0.728. The fourth-order valence-corrected chi connectivity index (χ4v) is 2.34. The van der Waals surface area contributed by atoms with Crippen molar-refractivity contribution in [2.24, 2.45) is 0 Å². The predicted octanol–water partition coefficient (Wildman–Crippen LogP) is 1.58. The molecule has 1 aliphatic heterocycles. The van der Waals surface area contributed by atoms with Crippen LogP contribution in [0.4, 0.5) is 0 Å². The zero-order chi connectivity index (χ0) is 5.98. The Bertz CT molecular complexity index is 86.6. The molecule has 0 aliphatic carbocycles. The van der Waals surface area contributed by atoms with Crippen molar-refractivity contribution in [2.45, 2.75) is 12.8 Å². The molecule has 1 rings (SSSR count). The van der Waals surface area contributed by atoms with Gasteiger partial charge in [0.25, 0.3) is 0 Å². The van der Waals surface area contributed by atoms with E-state index < -0.39 is 0 Å². The van der Waals surface area contributed by atoms with E-state index in [1.54, 1.807) is 0 Å². The summed E-state index contributed by atoms with van der Waals surface area (Å²) < 4.78 is 0. The van der Waals surface area contributed by atoms with Crippen LogP contribution < -0.4 is 0 Å². The van der Waals surface area contributed by atoms with E-state index in [4.69, 9.17) is 0 Å². The monoisotopic (exact) mass is 129 g/mol. The van der Waals surface area contributed by atoms with E-state index >= 15 is 0 Å². The van der Waals surface area contributed by atoms with Crippen LogP contribution in [0.2, 0.25) is 0 Å². The van der Waals surface area contributed by atoms with Gasteiger partial charge in [-0.2, -0.15) is 0 Å². The van der Waals surface area contributed by atoms with Crippen LogP contribution in [0, 0.1) is 0 Å². The van der Waals surface area contributed by atoms with Gasteiger partial charge in [-0.1, -0.05) is 12.2 Å². The Morgan fingerprint density at radius 2 is 1.88 bits per heavy atom. The zero-order valence-electron chi connectivity index (χ0n) is 5.44. The number of hydrogen-bond donors (Lipinski definition) is 0. The smallest absolute Gasteiger partial charge is 0.0995 e. The maximum absolute atomic E-state index is 3.95. The Kier molecular flexibility index (Phi) is 2.01. The number of allylic oxidation sites excluding steroid dienone is 1. The van der Waals surface area contributed by atoms with Crippen LogP contribution in [0.1, 0.15) is 12.8 Å². The van der Waals surface area contributed by atoms with Gasteiger partial charge in [0.2, 0.25) is 0 Å². The van der Waals surface area contributed by atoms with Crippen molar-refractivity contribution in [1.29, 1.82) is 0 Å². The van der Waals surface area contributed by atoms with E-state index in [1.807, 2.05) is 0 Å². The molecule has 1 fully saturated rings. The van der Waals surface area contributed by atoms with E-state index in [2.05, 4.69) is 12.8 Å². The molecule has 1 aliphatic rings. The van der Waals surface area contributed by atoms with Crippen LogP contribution >= 0.6 is 0 Å². The highest BCUT2D eigenvalue weighted by molar-refractivity contribution is 7.96. The number of hydrogen-bond acceptors (Lipinski definition) is 0. The summed E-state index contributed by atoms with van der Waals surface area (Å²) in [6.45, 7) is 3.95. The lowest BCUT2D eigenvalue weighted by Gasteiger charge is -2.11. The van der Waals surface area contributed by atoms with E-state index in [0.717, 1.165) is 10.9 Å². The summed E-state index contributed by atoms with van der Waals surface area (Å²) in [5.74, 6) is 2.80. The van der Waals surface area contributed by atoms with Crippen molar-refractivity contribution in [3.05, 3.63) is 12.2 Å². The highest BCUT2D eigenvalue weighted by Gasteiger charge is 2.17. The molecule has 0 spiro atoms. The first-order chi connectivity index (χ1) is 3.79. The van der Waals surface area contributed by atoms with Crippen LogP contribution in [0.3, 0.4) is 0 Å². The first-order valence-electron chi connectivity index (χ1n) is 3.05. The average Bonchev–Trinajstić information content (AvgIpc) is 1.77. The molecule has 0 aromatic heterocycles. The Hall–Kier alpha value is 0.0900. The fraction of sp³-hybridized carbons (Fsp3) is 0.714. The molecule has 0 aromatic carbocycles. The lowest BCUT2D eigenvalue weighted by atomic mass is 10.2. The molecule has 1 heteroatoms. The van der Waals surface area contributed by atoms with E-state index in [9.17, 15) is 0 Å². The van der Waals surface area contributed by atoms with Crippen LogP contribution in [-0.2, 0) is 10.9 Å². The third kappa shape index (κ3) is 1.55. The summed E-state index contributed by atoms with van der Waals surface area (Å²) in [4.78, 5) is 0. The second kappa shape index (κ2) is 2.58. The topological polar surface area (TPSA) is 0 Å². The largest absolute Gasteiger partial charge is 0.111 e. The molecule has 0 unspecified atom stereocenters. The van der Waals surface area contributed by atoms with Crippen molar-refractivity contribution < 1.29 is 0 Å². The van der Waals surface area contributed by atoms with Gasteiger partial charge in [0.1, 0.15) is 11.5 Å². The van der Waals surface area contributed by atoms with Crippen LogP contribution in [0.25, 0.3) is 0 Å². The highest BCUT2D eigenvalue weighted by atomic mass is 32.2. The molecule has 0 atom stereocenters. The van der Waals surface area contributed by atoms with Crippen LogP contribution in [0.5, 0.6) is 0 Å². The minimum absolute atomic E-state index is 0.728. The summed E-state index contributed by atoms with van der Waals surface area (Å²) in [6.07, 6.45) is 4.94. The summed E-state index contributed by atoms with van der Waals surface area (Å²) in [5.41, 5.74) is 1.47. The molecule has 0 N–H and O–H groups in total. The van der Waals surface area contributed by atoms with Gasteiger partial charge in [-0.15, -0.1) is 0 Å². The second-order valence-electron chi connectivity index (χ2n) is 2.44. The highest BCUT2D eigenvalue weighted by Crippen LogP contribution is 2.15. The third-order valence-corrected chi connectivity index (χ3v) is 3.41. The van der Waals surface area contributed by atoms with Gasteiger partial charge in [-0.3, -0.25) is 0 Å². The predicted molar refractivity (Wildman–Crippen MR) is 41.4 cm³/mol. The molecule has 0 saturated carbocycles. The average molecular weight is 129 g/mol. The van der Waals surface area contributed by atoms with Gasteiger partial charge in [0.15, 0.2) is 0 Å². The third-order valence-electron chi connectivity index (χ3n) is 1.61. The molecule has 0 radical (unpaired) electrons. The first-order valence-corrected chi connectivity index (χ1v) is 5.02.